The first kappa shape index (κ1) is 18.8. The number of phenolic OH excluding ortho intramolecular Hbond substituents is 1. The zero-order chi connectivity index (χ0) is 18.1. The lowest BCUT2D eigenvalue weighted by Crippen LogP contribution is -2.19. The number of hydrogen-bond donors (Lipinski definition) is 2. The van der Waals surface area contributed by atoms with Crippen molar-refractivity contribution < 1.29 is 9.90 Å². The molecule has 2 N–H and O–H groups in total. The van der Waals surface area contributed by atoms with Crippen LogP contribution in [0.1, 0.15) is 11.1 Å². The van der Waals surface area contributed by atoms with Gasteiger partial charge in [0, 0.05) is 15.1 Å². The molecule has 0 spiro atoms. The van der Waals surface area contributed by atoms with Crippen molar-refractivity contribution in [2.75, 3.05) is 0 Å². The molecule has 0 atom stereocenters. The van der Waals surface area contributed by atoms with Crippen molar-refractivity contribution in [2.45, 2.75) is 6.92 Å². The number of thioether (sulfide) groups is 1. The second kappa shape index (κ2) is 7.69. The Labute approximate surface area is 176 Å². The van der Waals surface area contributed by atoms with E-state index in [2.05, 4.69) is 26.2 Å². The molecule has 25 heavy (non-hydrogen) atoms. The highest BCUT2D eigenvalue weighted by Crippen LogP contribution is 2.35. The van der Waals surface area contributed by atoms with E-state index in [-0.39, 0.29) is 11.7 Å². The van der Waals surface area contributed by atoms with E-state index in [4.69, 9.17) is 11.6 Å². The van der Waals surface area contributed by atoms with Crippen LogP contribution >= 0.6 is 61.9 Å². The minimum atomic E-state index is -0.252. The van der Waals surface area contributed by atoms with Gasteiger partial charge in [0.2, 0.25) is 0 Å². The molecule has 0 aromatic heterocycles. The summed E-state index contributed by atoms with van der Waals surface area (Å²) in [6, 6.07) is 9.01. The van der Waals surface area contributed by atoms with E-state index in [9.17, 15) is 9.90 Å². The van der Waals surface area contributed by atoms with Crippen LogP contribution < -0.4 is 5.32 Å². The summed E-state index contributed by atoms with van der Waals surface area (Å²) in [5.41, 5.74) is 2.12. The summed E-state index contributed by atoms with van der Waals surface area (Å²) >= 11 is 12.8. The van der Waals surface area contributed by atoms with E-state index < -0.39 is 0 Å². The first-order valence-electron chi connectivity index (χ1n) is 7.08. The van der Waals surface area contributed by atoms with Gasteiger partial charge < -0.3 is 10.4 Å². The number of amides is 1. The highest BCUT2D eigenvalue weighted by atomic mass is 127. The van der Waals surface area contributed by atoms with Gasteiger partial charge in [-0.15, -0.1) is 0 Å². The summed E-state index contributed by atoms with van der Waals surface area (Å²) in [7, 11) is 0. The highest BCUT2D eigenvalue weighted by molar-refractivity contribution is 14.1. The van der Waals surface area contributed by atoms with Crippen LogP contribution in [0.4, 0.5) is 5.69 Å². The van der Waals surface area contributed by atoms with Crippen molar-refractivity contribution in [1.29, 1.82) is 0 Å². The SMILES string of the molecule is Cc1c(Cl)cccc1N=C1NC(=O)/C(=C/c2cc(Br)cc(I)c2O)S1. The number of aliphatic imine (C=N–C) groups is 1. The molecule has 0 aliphatic carbocycles. The molecule has 3 rings (SSSR count). The minimum Gasteiger partial charge on any atom is -0.506 e. The number of carbonyl (C=O) groups excluding carboxylic acids is 1. The Morgan fingerprint density at radius 1 is 1.40 bits per heavy atom. The van der Waals surface area contributed by atoms with Crippen LogP contribution in [0.15, 0.2) is 44.7 Å². The Morgan fingerprint density at radius 2 is 2.16 bits per heavy atom. The summed E-state index contributed by atoms with van der Waals surface area (Å²) in [5.74, 6) is -0.112. The van der Waals surface area contributed by atoms with Gasteiger partial charge in [-0.2, -0.15) is 0 Å². The number of halogens is 3. The topological polar surface area (TPSA) is 61.7 Å². The van der Waals surface area contributed by atoms with E-state index in [1.165, 1.54) is 11.8 Å². The van der Waals surface area contributed by atoms with E-state index >= 15 is 0 Å². The lowest BCUT2D eigenvalue weighted by molar-refractivity contribution is -0.115. The van der Waals surface area contributed by atoms with Gasteiger partial charge in [0.15, 0.2) is 5.17 Å². The maximum absolute atomic E-state index is 12.2. The van der Waals surface area contributed by atoms with Gasteiger partial charge in [-0.3, -0.25) is 4.79 Å². The fourth-order valence-corrected chi connectivity index (χ4v) is 4.69. The average molecular weight is 550 g/mol. The second-order valence-corrected chi connectivity index (χ2v) is 8.71. The van der Waals surface area contributed by atoms with Gasteiger partial charge in [0.25, 0.3) is 5.91 Å². The molecule has 1 aliphatic rings. The first-order chi connectivity index (χ1) is 11.8. The molecule has 1 aliphatic heterocycles. The molecule has 4 nitrogen and oxygen atoms in total. The number of phenols is 1. The summed E-state index contributed by atoms with van der Waals surface area (Å²) in [6.45, 7) is 1.88. The Kier molecular flexibility index (Phi) is 5.77. The van der Waals surface area contributed by atoms with Crippen LogP contribution in [0, 0.1) is 10.5 Å². The number of nitrogens with one attached hydrogen (secondary N) is 1. The molecular weight excluding hydrogens is 539 g/mol. The fourth-order valence-electron chi connectivity index (χ4n) is 2.14. The quantitative estimate of drug-likeness (QED) is 0.378. The van der Waals surface area contributed by atoms with Gasteiger partial charge in [0.1, 0.15) is 5.75 Å². The molecule has 8 heteroatoms. The Balaban J connectivity index is 1.93. The number of amidine groups is 1. The highest BCUT2D eigenvalue weighted by Gasteiger charge is 2.24. The zero-order valence-electron chi connectivity index (χ0n) is 12.8. The molecule has 2 aromatic carbocycles. The van der Waals surface area contributed by atoms with Crippen LogP contribution in [0.5, 0.6) is 5.75 Å². The largest absolute Gasteiger partial charge is 0.506 e. The molecule has 0 unspecified atom stereocenters. The summed E-state index contributed by atoms with van der Waals surface area (Å²) in [6.07, 6.45) is 1.65. The predicted octanol–water partition coefficient (Wildman–Crippen LogP) is 5.61. The summed E-state index contributed by atoms with van der Waals surface area (Å²) < 4.78 is 1.53. The number of hydrogen-bond acceptors (Lipinski definition) is 4. The van der Waals surface area contributed by atoms with E-state index in [0.29, 0.717) is 29.9 Å². The van der Waals surface area contributed by atoms with Crippen molar-refractivity contribution in [2.24, 2.45) is 4.99 Å². The second-order valence-electron chi connectivity index (χ2n) is 5.19. The van der Waals surface area contributed by atoms with Crippen molar-refractivity contribution >= 4 is 84.7 Å². The van der Waals surface area contributed by atoms with Crippen molar-refractivity contribution in [3.05, 3.63) is 59.4 Å². The molecule has 0 saturated carbocycles. The van der Waals surface area contributed by atoms with Gasteiger partial charge in [-0.05, 0) is 77.2 Å². The Hall–Kier alpha value is -1.03. The van der Waals surface area contributed by atoms with E-state index in [1.807, 2.05) is 41.6 Å². The molecule has 1 fully saturated rings. The molecule has 0 bridgehead atoms. The zero-order valence-corrected chi connectivity index (χ0v) is 18.1. The smallest absolute Gasteiger partial charge is 0.264 e. The van der Waals surface area contributed by atoms with Gasteiger partial charge in [0.05, 0.1) is 14.2 Å². The fraction of sp³-hybridized carbons (Fsp3) is 0.0588. The van der Waals surface area contributed by atoms with Gasteiger partial charge in [-0.25, -0.2) is 4.99 Å². The maximum atomic E-state index is 12.2. The van der Waals surface area contributed by atoms with Gasteiger partial charge in [-0.1, -0.05) is 33.6 Å². The average Bonchev–Trinajstić information content (AvgIpc) is 2.88. The maximum Gasteiger partial charge on any atom is 0.264 e. The first-order valence-corrected chi connectivity index (χ1v) is 10.1. The third-order valence-corrected chi connectivity index (χ3v) is 6.06. The third-order valence-electron chi connectivity index (χ3n) is 3.46. The monoisotopic (exact) mass is 548 g/mol. The summed E-state index contributed by atoms with van der Waals surface area (Å²) in [4.78, 5) is 17.1. The summed E-state index contributed by atoms with van der Waals surface area (Å²) in [5, 5.41) is 14.0. The lowest BCUT2D eigenvalue weighted by Gasteiger charge is -2.04. The Bertz CT molecular complexity index is 946. The number of benzene rings is 2. The molecule has 1 amide bonds. The third kappa shape index (κ3) is 4.21. The normalized spacial score (nSPS) is 17.4. The van der Waals surface area contributed by atoms with Crippen LogP contribution in [0.2, 0.25) is 5.02 Å². The van der Waals surface area contributed by atoms with Crippen molar-refractivity contribution in [1.82, 2.24) is 5.32 Å². The number of rotatable bonds is 2. The minimum absolute atomic E-state index is 0.140. The van der Waals surface area contributed by atoms with Crippen molar-refractivity contribution in [3.8, 4) is 5.75 Å². The molecule has 128 valence electrons. The number of aromatic hydroxyl groups is 1. The Morgan fingerprint density at radius 3 is 2.92 bits per heavy atom. The van der Waals surface area contributed by atoms with Crippen LogP contribution in [0.3, 0.4) is 0 Å². The molecule has 1 heterocycles. The molecular formula is C17H11BrClIN2O2S. The standard InChI is InChI=1S/C17H11BrClIN2O2S/c1-8-11(19)3-2-4-13(8)21-17-22-16(24)14(25-17)6-9-5-10(18)7-12(20)15(9)23/h2-7,23H,1H3,(H,21,22,24)/b14-6-. The van der Waals surface area contributed by atoms with Gasteiger partial charge >= 0.3 is 0 Å². The van der Waals surface area contributed by atoms with Crippen LogP contribution in [-0.2, 0) is 4.79 Å². The van der Waals surface area contributed by atoms with Crippen molar-refractivity contribution in [3.63, 3.8) is 0 Å². The number of nitrogens with zero attached hydrogens (tertiary/aromatic N) is 1. The molecule has 1 saturated heterocycles. The van der Waals surface area contributed by atoms with Crippen LogP contribution in [-0.4, -0.2) is 16.2 Å². The lowest BCUT2D eigenvalue weighted by atomic mass is 10.2. The van der Waals surface area contributed by atoms with Crippen LogP contribution in [0.25, 0.3) is 6.08 Å². The molecule has 2 aromatic rings. The van der Waals surface area contributed by atoms with E-state index in [1.54, 1.807) is 24.3 Å². The number of carbonyl (C=O) groups is 1. The predicted molar refractivity (Wildman–Crippen MR) is 116 cm³/mol. The van der Waals surface area contributed by atoms with E-state index in [0.717, 1.165) is 10.0 Å². The molecule has 0 radical (unpaired) electrons.